The van der Waals surface area contributed by atoms with Crippen LogP contribution in [0.5, 0.6) is 0 Å². The number of carbonyl (C=O) groups is 3. The summed E-state index contributed by atoms with van der Waals surface area (Å²) in [7, 11) is 0. The number of hydrogen-bond donors (Lipinski definition) is 1. The summed E-state index contributed by atoms with van der Waals surface area (Å²) in [5.74, 6) is -0.754. The van der Waals surface area contributed by atoms with Gasteiger partial charge in [-0.3, -0.25) is 24.2 Å². The highest BCUT2D eigenvalue weighted by Gasteiger charge is 2.30. The third-order valence-electron chi connectivity index (χ3n) is 5.51. The Balaban J connectivity index is 1.47. The number of imide groups is 1. The molecule has 0 spiro atoms. The Kier molecular flexibility index (Phi) is 7.36. The van der Waals surface area contributed by atoms with Crippen LogP contribution in [0, 0.1) is 0 Å². The summed E-state index contributed by atoms with van der Waals surface area (Å²) >= 11 is 0. The number of benzene rings is 2. The van der Waals surface area contributed by atoms with E-state index in [0.29, 0.717) is 12.1 Å². The van der Waals surface area contributed by atoms with Crippen LogP contribution in [-0.4, -0.2) is 47.2 Å². The van der Waals surface area contributed by atoms with Crippen LogP contribution in [0.3, 0.4) is 0 Å². The van der Waals surface area contributed by atoms with E-state index in [9.17, 15) is 14.4 Å². The van der Waals surface area contributed by atoms with Gasteiger partial charge in [-0.1, -0.05) is 56.3 Å². The molecule has 6 heteroatoms. The smallest absolute Gasteiger partial charge is 0.260 e. The first-order valence-electron chi connectivity index (χ1n) is 10.5. The lowest BCUT2D eigenvalue weighted by molar-refractivity contribution is -0.129. The summed E-state index contributed by atoms with van der Waals surface area (Å²) in [6.45, 7) is 7.77. The quantitative estimate of drug-likeness (QED) is 0.649. The summed E-state index contributed by atoms with van der Waals surface area (Å²) in [6.07, 6.45) is 0.295. The number of nitrogens with zero attached hydrogens (tertiary/aromatic N) is 2. The van der Waals surface area contributed by atoms with Crippen LogP contribution in [0.2, 0.25) is 0 Å². The van der Waals surface area contributed by atoms with Crippen LogP contribution >= 0.6 is 0 Å². The van der Waals surface area contributed by atoms with Crippen molar-refractivity contribution in [2.45, 2.75) is 39.8 Å². The second kappa shape index (κ2) is 10.2. The van der Waals surface area contributed by atoms with Gasteiger partial charge in [0, 0.05) is 31.6 Å². The van der Waals surface area contributed by atoms with E-state index >= 15 is 0 Å². The monoisotopic (exact) mass is 407 g/mol. The largest absolute Gasteiger partial charge is 0.352 e. The van der Waals surface area contributed by atoms with E-state index in [2.05, 4.69) is 36.2 Å². The van der Waals surface area contributed by atoms with E-state index < -0.39 is 0 Å². The predicted octanol–water partition coefficient (Wildman–Crippen LogP) is 2.76. The molecule has 1 aliphatic heterocycles. The van der Waals surface area contributed by atoms with Gasteiger partial charge < -0.3 is 5.32 Å². The molecular formula is C24H29N3O3. The van der Waals surface area contributed by atoms with Gasteiger partial charge in [0.05, 0.1) is 6.42 Å². The summed E-state index contributed by atoms with van der Waals surface area (Å²) in [4.78, 5) is 40.6. The first-order valence-corrected chi connectivity index (χ1v) is 10.5. The second-order valence-electron chi connectivity index (χ2n) is 7.49. The average molecular weight is 408 g/mol. The van der Waals surface area contributed by atoms with Crippen LogP contribution in [0.25, 0.3) is 0 Å². The van der Waals surface area contributed by atoms with Crippen molar-refractivity contribution in [3.05, 3.63) is 70.8 Å². The Hall–Kier alpha value is -2.99. The molecule has 0 atom stereocenters. The molecule has 0 bridgehead atoms. The Morgan fingerprint density at radius 2 is 1.67 bits per heavy atom. The standard InChI is InChI=1S/C24H29N3O3/c1-3-26(4-2)17-19-11-9-18(10-12-19)16-25-22(28)13-14-27-23(29)15-20-7-5-6-8-21(20)24(27)30/h5-12H,3-4,13-17H2,1-2H3,(H,25,28). The van der Waals surface area contributed by atoms with E-state index in [4.69, 9.17) is 0 Å². The summed E-state index contributed by atoms with van der Waals surface area (Å²) in [5.41, 5.74) is 3.56. The van der Waals surface area contributed by atoms with Gasteiger partial charge in [0.1, 0.15) is 0 Å². The van der Waals surface area contributed by atoms with Gasteiger partial charge in [-0.15, -0.1) is 0 Å². The molecule has 6 nitrogen and oxygen atoms in total. The van der Waals surface area contributed by atoms with Crippen molar-refractivity contribution < 1.29 is 14.4 Å². The lowest BCUT2D eigenvalue weighted by Crippen LogP contribution is -2.44. The van der Waals surface area contributed by atoms with Gasteiger partial charge in [-0.25, -0.2) is 0 Å². The van der Waals surface area contributed by atoms with Crippen LogP contribution in [0.15, 0.2) is 48.5 Å². The van der Waals surface area contributed by atoms with Gasteiger partial charge in [0.25, 0.3) is 5.91 Å². The third-order valence-corrected chi connectivity index (χ3v) is 5.51. The lowest BCUT2D eigenvalue weighted by Gasteiger charge is -2.26. The first kappa shape index (κ1) is 21.7. The third kappa shape index (κ3) is 5.33. The molecule has 0 saturated heterocycles. The highest BCUT2D eigenvalue weighted by Crippen LogP contribution is 2.19. The van der Waals surface area contributed by atoms with Crippen molar-refractivity contribution >= 4 is 17.7 Å². The predicted molar refractivity (Wildman–Crippen MR) is 116 cm³/mol. The van der Waals surface area contributed by atoms with Gasteiger partial charge >= 0.3 is 0 Å². The SMILES string of the molecule is CCN(CC)Cc1ccc(CNC(=O)CCN2C(=O)Cc3ccccc3C2=O)cc1. The molecule has 0 saturated carbocycles. The molecule has 0 aliphatic carbocycles. The molecule has 30 heavy (non-hydrogen) atoms. The molecule has 1 heterocycles. The first-order chi connectivity index (χ1) is 14.5. The average Bonchev–Trinajstić information content (AvgIpc) is 2.76. The fourth-order valence-electron chi connectivity index (χ4n) is 3.60. The van der Waals surface area contributed by atoms with E-state index in [-0.39, 0.29) is 37.1 Å². The molecule has 158 valence electrons. The zero-order valence-corrected chi connectivity index (χ0v) is 17.7. The van der Waals surface area contributed by atoms with Crippen LogP contribution in [0.1, 0.15) is 47.3 Å². The summed E-state index contributed by atoms with van der Waals surface area (Å²) in [6, 6.07) is 15.3. The molecule has 0 aromatic heterocycles. The maximum atomic E-state index is 12.5. The number of nitrogens with one attached hydrogen (secondary N) is 1. The molecule has 1 N–H and O–H groups in total. The highest BCUT2D eigenvalue weighted by atomic mass is 16.2. The molecule has 2 aromatic carbocycles. The van der Waals surface area contributed by atoms with Crippen molar-refractivity contribution in [2.75, 3.05) is 19.6 Å². The molecule has 2 aromatic rings. The Morgan fingerprint density at radius 3 is 2.37 bits per heavy atom. The van der Waals surface area contributed by atoms with Crippen molar-refractivity contribution in [1.29, 1.82) is 0 Å². The minimum Gasteiger partial charge on any atom is -0.352 e. The summed E-state index contributed by atoms with van der Waals surface area (Å²) in [5, 5.41) is 2.87. The van der Waals surface area contributed by atoms with Gasteiger partial charge in [0.2, 0.25) is 11.8 Å². The maximum Gasteiger partial charge on any atom is 0.260 e. The fraction of sp³-hybridized carbons (Fsp3) is 0.375. The van der Waals surface area contributed by atoms with Gasteiger partial charge in [-0.2, -0.15) is 0 Å². The Bertz CT molecular complexity index is 904. The van der Waals surface area contributed by atoms with E-state index in [1.165, 1.54) is 10.5 Å². The van der Waals surface area contributed by atoms with Crippen molar-refractivity contribution in [3.8, 4) is 0 Å². The molecule has 3 amide bonds. The molecule has 3 rings (SSSR count). The second-order valence-corrected chi connectivity index (χ2v) is 7.49. The van der Waals surface area contributed by atoms with Crippen molar-refractivity contribution in [1.82, 2.24) is 15.1 Å². The number of hydrogen-bond acceptors (Lipinski definition) is 4. The lowest BCUT2D eigenvalue weighted by atomic mass is 9.98. The fourth-order valence-corrected chi connectivity index (χ4v) is 3.60. The molecular weight excluding hydrogens is 378 g/mol. The Labute approximate surface area is 177 Å². The van der Waals surface area contributed by atoms with Gasteiger partial charge in [0.15, 0.2) is 0 Å². The van der Waals surface area contributed by atoms with Crippen LogP contribution in [0.4, 0.5) is 0 Å². The van der Waals surface area contributed by atoms with E-state index in [0.717, 1.165) is 30.8 Å². The summed E-state index contributed by atoms with van der Waals surface area (Å²) < 4.78 is 0. The maximum absolute atomic E-state index is 12.5. The normalized spacial score (nSPS) is 13.5. The number of amides is 3. The number of rotatable bonds is 9. The van der Waals surface area contributed by atoms with Crippen molar-refractivity contribution in [3.63, 3.8) is 0 Å². The molecule has 0 unspecified atom stereocenters. The van der Waals surface area contributed by atoms with Crippen molar-refractivity contribution in [2.24, 2.45) is 0 Å². The highest BCUT2D eigenvalue weighted by molar-refractivity contribution is 6.09. The molecule has 0 fully saturated rings. The minimum absolute atomic E-state index is 0.0969. The van der Waals surface area contributed by atoms with Gasteiger partial charge in [-0.05, 0) is 35.8 Å². The number of carbonyl (C=O) groups excluding carboxylic acids is 3. The Morgan fingerprint density at radius 1 is 1.00 bits per heavy atom. The molecule has 0 radical (unpaired) electrons. The number of fused-ring (bicyclic) bond motifs is 1. The van der Waals surface area contributed by atoms with E-state index in [1.807, 2.05) is 18.2 Å². The van der Waals surface area contributed by atoms with Crippen LogP contribution in [-0.2, 0) is 29.1 Å². The van der Waals surface area contributed by atoms with Crippen LogP contribution < -0.4 is 5.32 Å². The van der Waals surface area contributed by atoms with E-state index in [1.54, 1.807) is 18.2 Å². The zero-order chi connectivity index (χ0) is 21.5. The minimum atomic E-state index is -0.321. The topological polar surface area (TPSA) is 69.7 Å². The molecule has 1 aliphatic rings. The zero-order valence-electron chi connectivity index (χ0n) is 17.7.